The number of aromatic nitrogens is 2. The Morgan fingerprint density at radius 3 is 1.67 bits per heavy atom. The quantitative estimate of drug-likeness (QED) is 0.392. The number of esters is 1. The number of carbonyl (C=O) groups is 1. The standard InChI is InChI=1S/C25H22N2O3/c1-19(29)30-24-26-23(18-28)17-27(24)25(20-11-5-2-6-12-20,21-13-7-3-8-14-21)22-15-9-4-10-16-22/h2-17,28H,18H2,1H3. The van der Waals surface area contributed by atoms with Gasteiger partial charge in [-0.1, -0.05) is 91.0 Å². The van der Waals surface area contributed by atoms with Gasteiger partial charge < -0.3 is 9.84 Å². The largest absolute Gasteiger partial charge is 0.392 e. The third kappa shape index (κ3) is 3.40. The summed E-state index contributed by atoms with van der Waals surface area (Å²) in [5.74, 6) is -0.477. The van der Waals surface area contributed by atoms with Crippen LogP contribution in [0.1, 0.15) is 29.3 Å². The molecular weight excluding hydrogens is 376 g/mol. The first-order chi connectivity index (χ1) is 14.7. The first kappa shape index (κ1) is 19.6. The van der Waals surface area contributed by atoms with Crippen molar-refractivity contribution in [3.05, 3.63) is 120 Å². The zero-order valence-corrected chi connectivity index (χ0v) is 16.6. The lowest BCUT2D eigenvalue weighted by Crippen LogP contribution is -2.38. The predicted octanol–water partition coefficient (Wildman–Crippen LogP) is 4.14. The van der Waals surface area contributed by atoms with Crippen LogP contribution in [-0.2, 0) is 16.9 Å². The number of carbonyl (C=O) groups excluding carboxylic acids is 1. The van der Waals surface area contributed by atoms with E-state index < -0.39 is 11.5 Å². The Labute approximate surface area is 175 Å². The molecule has 0 bridgehead atoms. The molecule has 0 saturated carbocycles. The molecule has 30 heavy (non-hydrogen) atoms. The highest BCUT2D eigenvalue weighted by Gasteiger charge is 2.41. The van der Waals surface area contributed by atoms with Crippen molar-refractivity contribution in [3.63, 3.8) is 0 Å². The molecule has 0 unspecified atom stereocenters. The van der Waals surface area contributed by atoms with Crippen molar-refractivity contribution in [1.82, 2.24) is 9.55 Å². The van der Waals surface area contributed by atoms with Crippen LogP contribution in [0.2, 0.25) is 0 Å². The number of imidazole rings is 1. The first-order valence-electron chi connectivity index (χ1n) is 9.71. The Hall–Kier alpha value is -3.70. The van der Waals surface area contributed by atoms with Crippen LogP contribution in [-0.4, -0.2) is 20.6 Å². The van der Waals surface area contributed by atoms with Gasteiger partial charge in [-0.15, -0.1) is 0 Å². The summed E-state index contributed by atoms with van der Waals surface area (Å²) in [6, 6.07) is 30.1. The van der Waals surface area contributed by atoms with Gasteiger partial charge in [0, 0.05) is 13.1 Å². The van der Waals surface area contributed by atoms with E-state index in [1.54, 1.807) is 6.20 Å². The van der Waals surface area contributed by atoms with E-state index in [1.165, 1.54) is 6.92 Å². The van der Waals surface area contributed by atoms with Crippen LogP contribution in [0.5, 0.6) is 6.01 Å². The van der Waals surface area contributed by atoms with Gasteiger partial charge in [0.25, 0.3) is 0 Å². The van der Waals surface area contributed by atoms with Crippen molar-refractivity contribution in [2.45, 2.75) is 19.1 Å². The smallest absolute Gasteiger partial charge is 0.310 e. The fourth-order valence-electron chi connectivity index (χ4n) is 3.88. The molecule has 0 aliphatic rings. The molecule has 0 atom stereocenters. The lowest BCUT2D eigenvalue weighted by molar-refractivity contribution is -0.132. The molecule has 1 aromatic heterocycles. The van der Waals surface area contributed by atoms with E-state index in [0.717, 1.165) is 16.7 Å². The molecule has 4 rings (SSSR count). The molecule has 5 heteroatoms. The zero-order valence-electron chi connectivity index (χ0n) is 16.6. The van der Waals surface area contributed by atoms with Gasteiger partial charge in [0.15, 0.2) is 0 Å². The highest BCUT2D eigenvalue weighted by atomic mass is 16.5. The first-order valence-corrected chi connectivity index (χ1v) is 9.71. The van der Waals surface area contributed by atoms with Crippen molar-refractivity contribution in [3.8, 4) is 6.01 Å². The van der Waals surface area contributed by atoms with Crippen LogP contribution >= 0.6 is 0 Å². The number of aliphatic hydroxyl groups excluding tert-OH is 1. The van der Waals surface area contributed by atoms with Crippen molar-refractivity contribution in [1.29, 1.82) is 0 Å². The summed E-state index contributed by atoms with van der Waals surface area (Å²) >= 11 is 0. The van der Waals surface area contributed by atoms with E-state index in [-0.39, 0.29) is 12.6 Å². The van der Waals surface area contributed by atoms with Gasteiger partial charge in [-0.2, -0.15) is 4.98 Å². The Balaban J connectivity index is 2.14. The number of hydrogen-bond donors (Lipinski definition) is 1. The number of ether oxygens (including phenoxy) is 1. The molecule has 3 aromatic carbocycles. The molecule has 0 amide bonds. The zero-order chi connectivity index (χ0) is 21.0. The van der Waals surface area contributed by atoms with Crippen molar-refractivity contribution < 1.29 is 14.6 Å². The SMILES string of the molecule is CC(=O)Oc1nc(CO)cn1C(c1ccccc1)(c1ccccc1)c1ccccc1. The van der Waals surface area contributed by atoms with E-state index in [9.17, 15) is 9.90 Å². The number of aliphatic hydroxyl groups is 1. The minimum atomic E-state index is -0.866. The van der Waals surface area contributed by atoms with Gasteiger partial charge in [0.1, 0.15) is 5.54 Å². The molecule has 0 aliphatic heterocycles. The molecule has 1 N–H and O–H groups in total. The maximum Gasteiger partial charge on any atom is 0.310 e. The fourth-order valence-corrected chi connectivity index (χ4v) is 3.88. The molecule has 0 spiro atoms. The summed E-state index contributed by atoms with van der Waals surface area (Å²) in [6.45, 7) is 1.07. The van der Waals surface area contributed by atoms with Crippen LogP contribution in [0.3, 0.4) is 0 Å². The van der Waals surface area contributed by atoms with Gasteiger partial charge in [-0.25, -0.2) is 0 Å². The van der Waals surface area contributed by atoms with Crippen molar-refractivity contribution >= 4 is 5.97 Å². The second-order valence-electron chi connectivity index (χ2n) is 6.95. The Morgan fingerprint density at radius 1 is 0.867 bits per heavy atom. The van der Waals surface area contributed by atoms with Crippen LogP contribution in [0.15, 0.2) is 97.2 Å². The minimum absolute atomic E-state index is 0.128. The van der Waals surface area contributed by atoms with Crippen LogP contribution in [0.25, 0.3) is 0 Å². The van der Waals surface area contributed by atoms with Crippen molar-refractivity contribution in [2.24, 2.45) is 0 Å². The second kappa shape index (κ2) is 8.35. The average Bonchev–Trinajstić information content (AvgIpc) is 3.19. The summed E-state index contributed by atoms with van der Waals surface area (Å²) in [4.78, 5) is 16.2. The van der Waals surface area contributed by atoms with Crippen LogP contribution < -0.4 is 4.74 Å². The summed E-state index contributed by atoms with van der Waals surface area (Å²) in [5, 5.41) is 9.77. The third-order valence-corrected chi connectivity index (χ3v) is 5.06. The average molecular weight is 398 g/mol. The summed E-state index contributed by atoms with van der Waals surface area (Å²) < 4.78 is 7.33. The van der Waals surface area contributed by atoms with Gasteiger partial charge in [-0.05, 0) is 16.7 Å². The second-order valence-corrected chi connectivity index (χ2v) is 6.95. The van der Waals surface area contributed by atoms with E-state index >= 15 is 0 Å². The number of benzene rings is 3. The van der Waals surface area contributed by atoms with Gasteiger partial charge in [-0.3, -0.25) is 9.36 Å². The molecule has 150 valence electrons. The van der Waals surface area contributed by atoms with E-state index in [4.69, 9.17) is 4.74 Å². The highest BCUT2D eigenvalue weighted by molar-refractivity contribution is 5.68. The lowest BCUT2D eigenvalue weighted by atomic mass is 9.76. The van der Waals surface area contributed by atoms with Crippen LogP contribution in [0.4, 0.5) is 0 Å². The molecule has 0 fully saturated rings. The van der Waals surface area contributed by atoms with Gasteiger partial charge >= 0.3 is 12.0 Å². The van der Waals surface area contributed by atoms with Crippen molar-refractivity contribution in [2.75, 3.05) is 0 Å². The molecule has 5 nitrogen and oxygen atoms in total. The van der Waals surface area contributed by atoms with E-state index in [1.807, 2.05) is 95.6 Å². The Bertz CT molecular complexity index is 1030. The minimum Gasteiger partial charge on any atom is -0.392 e. The van der Waals surface area contributed by atoms with Gasteiger partial charge in [0.05, 0.1) is 12.3 Å². The topological polar surface area (TPSA) is 64.3 Å². The van der Waals surface area contributed by atoms with Crippen LogP contribution in [0, 0.1) is 0 Å². The molecule has 0 radical (unpaired) electrons. The fraction of sp³-hybridized carbons (Fsp3) is 0.120. The molecule has 0 aliphatic carbocycles. The number of rotatable bonds is 6. The highest BCUT2D eigenvalue weighted by Crippen LogP contribution is 2.43. The van der Waals surface area contributed by atoms with Gasteiger partial charge in [0.2, 0.25) is 0 Å². The number of nitrogens with zero attached hydrogens (tertiary/aromatic N) is 2. The lowest BCUT2D eigenvalue weighted by Gasteiger charge is -2.37. The molecule has 1 heterocycles. The summed E-state index contributed by atoms with van der Waals surface area (Å²) in [6.07, 6.45) is 1.74. The molecular formula is C25H22N2O3. The van der Waals surface area contributed by atoms with E-state index in [2.05, 4.69) is 4.98 Å². The Kier molecular flexibility index (Phi) is 5.46. The number of hydrogen-bond acceptors (Lipinski definition) is 4. The normalized spacial score (nSPS) is 11.3. The van der Waals surface area contributed by atoms with E-state index in [0.29, 0.717) is 5.69 Å². The monoisotopic (exact) mass is 398 g/mol. The molecule has 4 aromatic rings. The predicted molar refractivity (Wildman–Crippen MR) is 114 cm³/mol. The Morgan fingerprint density at radius 2 is 1.30 bits per heavy atom. The maximum atomic E-state index is 11.9. The molecule has 0 saturated heterocycles. The third-order valence-electron chi connectivity index (χ3n) is 5.06. The summed E-state index contributed by atoms with van der Waals surface area (Å²) in [7, 11) is 0. The maximum absolute atomic E-state index is 11.9. The summed E-state index contributed by atoms with van der Waals surface area (Å²) in [5.41, 5.74) is 2.46.